The second kappa shape index (κ2) is 2.75. The van der Waals surface area contributed by atoms with E-state index < -0.39 is 0 Å². The maximum Gasteiger partial charge on any atom is 0.165 e. The van der Waals surface area contributed by atoms with Crippen molar-refractivity contribution in [2.75, 3.05) is 0 Å². The molecule has 3 nitrogen and oxygen atoms in total. The van der Waals surface area contributed by atoms with Gasteiger partial charge in [0.2, 0.25) is 0 Å². The van der Waals surface area contributed by atoms with E-state index in [1.54, 1.807) is 0 Å². The molecule has 11 heavy (non-hydrogen) atoms. The molecular formula is C8H11N3. The van der Waals surface area contributed by atoms with E-state index >= 15 is 0 Å². The van der Waals surface area contributed by atoms with Crippen molar-refractivity contribution in [2.24, 2.45) is 0 Å². The Morgan fingerprint density at radius 2 is 2.18 bits per heavy atom. The van der Waals surface area contributed by atoms with Gasteiger partial charge in [-0.05, 0) is 12.8 Å². The molecule has 0 saturated heterocycles. The highest BCUT2D eigenvalue weighted by Gasteiger charge is 2.12. The topological polar surface area (TPSA) is 52.5 Å². The molecule has 1 heterocycles. The zero-order valence-corrected chi connectivity index (χ0v) is 6.97. The normalized spacial score (nSPS) is 10.1. The Balaban J connectivity index is 3.21. The average Bonchev–Trinajstić information content (AvgIpc) is 2.30. The van der Waals surface area contributed by atoms with Gasteiger partial charge < -0.3 is 0 Å². The summed E-state index contributed by atoms with van der Waals surface area (Å²) in [6.45, 7) is 6.04. The number of hydrogen-bond donors (Lipinski definition) is 1. The summed E-state index contributed by atoms with van der Waals surface area (Å²) in [6.07, 6.45) is 0. The summed E-state index contributed by atoms with van der Waals surface area (Å²) in [5.41, 5.74) is 2.56. The van der Waals surface area contributed by atoms with Crippen LogP contribution in [0, 0.1) is 18.3 Å². The summed E-state index contributed by atoms with van der Waals surface area (Å²) in [5, 5.41) is 15.3. The minimum Gasteiger partial charge on any atom is -0.281 e. The summed E-state index contributed by atoms with van der Waals surface area (Å²) in [6, 6.07) is 2.06. The monoisotopic (exact) mass is 149 g/mol. The number of aromatic nitrogens is 2. The first-order valence-electron chi connectivity index (χ1n) is 3.61. The number of H-pyrrole nitrogens is 1. The van der Waals surface area contributed by atoms with Crippen LogP contribution in [0.1, 0.15) is 36.7 Å². The fourth-order valence-electron chi connectivity index (χ4n) is 1.23. The van der Waals surface area contributed by atoms with Crippen LogP contribution in [0.4, 0.5) is 0 Å². The number of nitrogens with one attached hydrogen (secondary N) is 1. The number of nitrogens with zero attached hydrogens (tertiary/aromatic N) is 2. The molecule has 0 aromatic carbocycles. The molecule has 0 radical (unpaired) electrons. The smallest absolute Gasteiger partial charge is 0.165 e. The molecule has 0 spiro atoms. The van der Waals surface area contributed by atoms with Crippen molar-refractivity contribution < 1.29 is 0 Å². The van der Waals surface area contributed by atoms with Crippen LogP contribution in [0.2, 0.25) is 0 Å². The molecule has 1 aromatic rings. The predicted molar refractivity (Wildman–Crippen MR) is 42.1 cm³/mol. The Morgan fingerprint density at radius 1 is 1.55 bits per heavy atom. The summed E-state index contributed by atoms with van der Waals surface area (Å²) in [7, 11) is 0. The lowest BCUT2D eigenvalue weighted by Crippen LogP contribution is -1.91. The zero-order chi connectivity index (χ0) is 8.43. The largest absolute Gasteiger partial charge is 0.281 e. The van der Waals surface area contributed by atoms with E-state index in [1.165, 1.54) is 0 Å². The van der Waals surface area contributed by atoms with Crippen molar-refractivity contribution in [3.05, 3.63) is 17.0 Å². The van der Waals surface area contributed by atoms with Crippen LogP contribution >= 0.6 is 0 Å². The van der Waals surface area contributed by atoms with E-state index in [2.05, 4.69) is 30.1 Å². The molecule has 0 atom stereocenters. The molecule has 1 rings (SSSR count). The molecule has 0 saturated carbocycles. The van der Waals surface area contributed by atoms with Gasteiger partial charge in [0.05, 0.1) is 0 Å². The zero-order valence-electron chi connectivity index (χ0n) is 6.97. The van der Waals surface area contributed by atoms with E-state index in [4.69, 9.17) is 5.26 Å². The summed E-state index contributed by atoms with van der Waals surface area (Å²) >= 11 is 0. The van der Waals surface area contributed by atoms with Crippen molar-refractivity contribution in [3.63, 3.8) is 0 Å². The van der Waals surface area contributed by atoms with Gasteiger partial charge in [-0.3, -0.25) is 5.10 Å². The first-order valence-corrected chi connectivity index (χ1v) is 3.61. The first-order chi connectivity index (χ1) is 5.16. The number of rotatable bonds is 1. The maximum atomic E-state index is 8.65. The minimum absolute atomic E-state index is 0.364. The van der Waals surface area contributed by atoms with Gasteiger partial charge in [-0.2, -0.15) is 10.4 Å². The van der Waals surface area contributed by atoms with Crippen LogP contribution < -0.4 is 0 Å². The molecule has 0 fully saturated rings. The van der Waals surface area contributed by atoms with Crippen LogP contribution in [0.3, 0.4) is 0 Å². The van der Waals surface area contributed by atoms with Crippen molar-refractivity contribution in [1.29, 1.82) is 5.26 Å². The van der Waals surface area contributed by atoms with Gasteiger partial charge in [-0.1, -0.05) is 13.8 Å². The second-order valence-electron chi connectivity index (χ2n) is 2.88. The lowest BCUT2D eigenvalue weighted by Gasteiger charge is -2.01. The predicted octanol–water partition coefficient (Wildman–Crippen LogP) is 1.71. The molecule has 3 heteroatoms. The third-order valence-corrected chi connectivity index (χ3v) is 1.68. The van der Waals surface area contributed by atoms with Crippen molar-refractivity contribution in [3.8, 4) is 6.07 Å². The molecule has 0 aliphatic carbocycles. The molecule has 0 aliphatic heterocycles. The molecule has 58 valence electrons. The Labute approximate surface area is 66.0 Å². The van der Waals surface area contributed by atoms with Crippen LogP contribution in [0.25, 0.3) is 0 Å². The molecule has 1 aromatic heterocycles. The molecule has 0 bridgehead atoms. The molecule has 0 unspecified atom stereocenters. The molecule has 1 N–H and O–H groups in total. The lowest BCUT2D eigenvalue weighted by molar-refractivity contribution is 0.853. The lowest BCUT2D eigenvalue weighted by atomic mass is 10.0. The van der Waals surface area contributed by atoms with Crippen molar-refractivity contribution in [1.82, 2.24) is 10.2 Å². The standard InChI is InChI=1S/C8H11N3/c1-5(2)8-6(3)10-11-7(8)4-9/h5H,1-3H3,(H,10,11). The van der Waals surface area contributed by atoms with Crippen molar-refractivity contribution >= 4 is 0 Å². The fraction of sp³-hybridized carbons (Fsp3) is 0.500. The number of aryl methyl sites for hydroxylation is 1. The Morgan fingerprint density at radius 3 is 2.55 bits per heavy atom. The van der Waals surface area contributed by atoms with Gasteiger partial charge in [0.15, 0.2) is 5.69 Å². The number of nitriles is 1. The Kier molecular flexibility index (Phi) is 1.95. The fourth-order valence-corrected chi connectivity index (χ4v) is 1.23. The quantitative estimate of drug-likeness (QED) is 0.660. The summed E-state index contributed by atoms with van der Waals surface area (Å²) in [4.78, 5) is 0. The average molecular weight is 149 g/mol. The van der Waals surface area contributed by atoms with E-state index in [-0.39, 0.29) is 0 Å². The Bertz CT molecular complexity index is 291. The maximum absolute atomic E-state index is 8.65. The van der Waals surface area contributed by atoms with Crippen LogP contribution in [-0.4, -0.2) is 10.2 Å². The van der Waals surface area contributed by atoms with Gasteiger partial charge in [0.25, 0.3) is 0 Å². The first kappa shape index (κ1) is 7.80. The highest BCUT2D eigenvalue weighted by molar-refractivity contribution is 5.35. The molecular weight excluding hydrogens is 138 g/mol. The minimum atomic E-state index is 0.364. The van der Waals surface area contributed by atoms with E-state index in [0.29, 0.717) is 11.6 Å². The van der Waals surface area contributed by atoms with E-state index in [9.17, 15) is 0 Å². The van der Waals surface area contributed by atoms with Gasteiger partial charge >= 0.3 is 0 Å². The number of hydrogen-bond acceptors (Lipinski definition) is 2. The highest BCUT2D eigenvalue weighted by atomic mass is 15.1. The van der Waals surface area contributed by atoms with Gasteiger partial charge in [0, 0.05) is 11.3 Å². The SMILES string of the molecule is Cc1[nH]nc(C#N)c1C(C)C. The van der Waals surface area contributed by atoms with Gasteiger partial charge in [-0.25, -0.2) is 0 Å². The highest BCUT2D eigenvalue weighted by Crippen LogP contribution is 2.19. The third kappa shape index (κ3) is 1.25. The van der Waals surface area contributed by atoms with Gasteiger partial charge in [-0.15, -0.1) is 0 Å². The van der Waals surface area contributed by atoms with Crippen LogP contribution in [-0.2, 0) is 0 Å². The van der Waals surface area contributed by atoms with Crippen LogP contribution in [0.15, 0.2) is 0 Å². The van der Waals surface area contributed by atoms with E-state index in [1.807, 2.05) is 6.92 Å². The number of aromatic amines is 1. The molecule has 0 aliphatic rings. The van der Waals surface area contributed by atoms with Crippen molar-refractivity contribution in [2.45, 2.75) is 26.7 Å². The summed E-state index contributed by atoms with van der Waals surface area (Å²) < 4.78 is 0. The second-order valence-corrected chi connectivity index (χ2v) is 2.88. The summed E-state index contributed by atoms with van der Waals surface area (Å²) in [5.74, 6) is 0.364. The Hall–Kier alpha value is -1.30. The third-order valence-electron chi connectivity index (χ3n) is 1.68. The molecule has 0 amide bonds. The van der Waals surface area contributed by atoms with E-state index in [0.717, 1.165) is 11.3 Å². The van der Waals surface area contributed by atoms with Crippen LogP contribution in [0.5, 0.6) is 0 Å². The van der Waals surface area contributed by atoms with Gasteiger partial charge in [0.1, 0.15) is 6.07 Å².